The Morgan fingerprint density at radius 3 is 2.74 bits per heavy atom. The lowest BCUT2D eigenvalue weighted by Crippen LogP contribution is -2.26. The molecule has 0 spiro atoms. The molecule has 2 rings (SSSR count). The molecule has 1 aliphatic heterocycles. The predicted molar refractivity (Wildman–Crippen MR) is 88.6 cm³/mol. The van der Waals surface area contributed by atoms with E-state index < -0.39 is 16.6 Å². The normalized spacial score (nSPS) is 21.0. The van der Waals surface area contributed by atoms with Crippen LogP contribution < -0.4 is 4.74 Å². The van der Waals surface area contributed by atoms with Crippen molar-refractivity contribution in [3.05, 3.63) is 29.1 Å². The van der Waals surface area contributed by atoms with E-state index in [1.54, 1.807) is 13.0 Å². The Hall–Kier alpha value is -1.14. The van der Waals surface area contributed by atoms with E-state index in [9.17, 15) is 9.18 Å². The van der Waals surface area contributed by atoms with E-state index in [2.05, 4.69) is 15.9 Å². The standard InChI is InChI=1S/C17H22BrFO4/c1-5-22-16(20)14(18)11-8-10(9-13(19)15(11)21-4)12-6-7-23-17(12,2)3/h8-9,12,14H,5-7H2,1-4H3. The Morgan fingerprint density at radius 1 is 1.52 bits per heavy atom. The minimum atomic E-state index is -0.780. The molecule has 1 aromatic rings. The number of halogens is 2. The summed E-state index contributed by atoms with van der Waals surface area (Å²) < 4.78 is 30.4. The van der Waals surface area contributed by atoms with Crippen LogP contribution in [-0.4, -0.2) is 31.9 Å². The average molecular weight is 389 g/mol. The number of hydrogen-bond donors (Lipinski definition) is 0. The molecule has 128 valence electrons. The van der Waals surface area contributed by atoms with Crippen LogP contribution in [0.25, 0.3) is 0 Å². The highest BCUT2D eigenvalue weighted by Gasteiger charge is 2.38. The molecule has 1 aliphatic rings. The molecule has 23 heavy (non-hydrogen) atoms. The number of rotatable bonds is 5. The van der Waals surface area contributed by atoms with Crippen LogP contribution in [-0.2, 0) is 14.3 Å². The maximum absolute atomic E-state index is 14.5. The summed E-state index contributed by atoms with van der Waals surface area (Å²) in [5.74, 6) is -0.843. The summed E-state index contributed by atoms with van der Waals surface area (Å²) in [6.07, 6.45) is 0.810. The first-order chi connectivity index (χ1) is 10.8. The van der Waals surface area contributed by atoms with Crippen molar-refractivity contribution in [3.8, 4) is 5.75 Å². The Labute approximate surface area is 144 Å². The average Bonchev–Trinajstić information content (AvgIpc) is 2.85. The zero-order valence-electron chi connectivity index (χ0n) is 13.8. The van der Waals surface area contributed by atoms with Crippen LogP contribution in [0.2, 0.25) is 0 Å². The highest BCUT2D eigenvalue weighted by atomic mass is 79.9. The molecule has 0 bridgehead atoms. The number of alkyl halides is 1. The molecule has 0 N–H and O–H groups in total. The van der Waals surface area contributed by atoms with Crippen molar-refractivity contribution in [2.24, 2.45) is 0 Å². The number of benzene rings is 1. The third kappa shape index (κ3) is 3.69. The molecule has 4 nitrogen and oxygen atoms in total. The Balaban J connectivity index is 2.46. The summed E-state index contributed by atoms with van der Waals surface area (Å²) in [4.78, 5) is 11.2. The molecule has 2 unspecified atom stereocenters. The number of carbonyl (C=O) groups excluding carboxylic acids is 1. The third-order valence-electron chi connectivity index (χ3n) is 4.19. The van der Waals surface area contributed by atoms with Gasteiger partial charge in [0.15, 0.2) is 11.6 Å². The van der Waals surface area contributed by atoms with Crippen LogP contribution in [0.5, 0.6) is 5.75 Å². The second kappa shape index (κ2) is 7.18. The van der Waals surface area contributed by atoms with Crippen molar-refractivity contribution in [2.45, 2.75) is 43.5 Å². The van der Waals surface area contributed by atoms with Gasteiger partial charge in [-0.1, -0.05) is 15.9 Å². The lowest BCUT2D eigenvalue weighted by molar-refractivity contribution is -0.142. The number of carbonyl (C=O) groups is 1. The largest absolute Gasteiger partial charge is 0.493 e. The number of ether oxygens (including phenoxy) is 3. The number of esters is 1. The monoisotopic (exact) mass is 388 g/mol. The van der Waals surface area contributed by atoms with Gasteiger partial charge < -0.3 is 14.2 Å². The van der Waals surface area contributed by atoms with E-state index in [1.807, 2.05) is 13.8 Å². The third-order valence-corrected chi connectivity index (χ3v) is 5.05. The molecule has 1 saturated heterocycles. The molecule has 1 heterocycles. The van der Waals surface area contributed by atoms with Gasteiger partial charge in [0.05, 0.1) is 19.3 Å². The fraction of sp³-hybridized carbons (Fsp3) is 0.588. The van der Waals surface area contributed by atoms with Crippen molar-refractivity contribution in [1.82, 2.24) is 0 Å². The van der Waals surface area contributed by atoms with Gasteiger partial charge in [0.2, 0.25) is 0 Å². The fourth-order valence-electron chi connectivity index (χ4n) is 3.04. The van der Waals surface area contributed by atoms with Crippen LogP contribution >= 0.6 is 15.9 Å². The fourth-order valence-corrected chi connectivity index (χ4v) is 3.51. The molecule has 0 saturated carbocycles. The SMILES string of the molecule is CCOC(=O)C(Br)c1cc(C2CCOC2(C)C)cc(F)c1OC. The van der Waals surface area contributed by atoms with Gasteiger partial charge in [-0.3, -0.25) is 4.79 Å². The zero-order chi connectivity index (χ0) is 17.2. The van der Waals surface area contributed by atoms with Crippen LogP contribution in [0.4, 0.5) is 4.39 Å². The van der Waals surface area contributed by atoms with Crippen molar-refractivity contribution in [3.63, 3.8) is 0 Å². The summed E-state index contributed by atoms with van der Waals surface area (Å²) in [6.45, 7) is 6.60. The van der Waals surface area contributed by atoms with E-state index in [0.717, 1.165) is 12.0 Å². The first-order valence-corrected chi connectivity index (χ1v) is 8.55. The van der Waals surface area contributed by atoms with E-state index in [-0.39, 0.29) is 23.9 Å². The highest BCUT2D eigenvalue weighted by molar-refractivity contribution is 9.09. The molecule has 2 atom stereocenters. The summed E-state index contributed by atoms with van der Waals surface area (Å²) in [5, 5.41) is 0. The van der Waals surface area contributed by atoms with Gasteiger partial charge in [0, 0.05) is 18.1 Å². The van der Waals surface area contributed by atoms with Crippen molar-refractivity contribution in [1.29, 1.82) is 0 Å². The Morgan fingerprint density at radius 2 is 2.22 bits per heavy atom. The van der Waals surface area contributed by atoms with Crippen LogP contribution in [0.15, 0.2) is 12.1 Å². The summed E-state index contributed by atoms with van der Waals surface area (Å²) in [6, 6.07) is 3.27. The quantitative estimate of drug-likeness (QED) is 0.562. The van der Waals surface area contributed by atoms with E-state index in [0.29, 0.717) is 12.2 Å². The number of hydrogen-bond acceptors (Lipinski definition) is 4. The molecule has 1 aromatic carbocycles. The van der Waals surface area contributed by atoms with Crippen molar-refractivity contribution in [2.75, 3.05) is 20.3 Å². The predicted octanol–water partition coefficient (Wildman–Crippen LogP) is 4.12. The first-order valence-electron chi connectivity index (χ1n) is 7.63. The Kier molecular flexibility index (Phi) is 5.68. The van der Waals surface area contributed by atoms with Gasteiger partial charge in [-0.2, -0.15) is 0 Å². The van der Waals surface area contributed by atoms with E-state index in [1.165, 1.54) is 13.2 Å². The van der Waals surface area contributed by atoms with Gasteiger partial charge in [0.25, 0.3) is 0 Å². The first kappa shape index (κ1) is 18.2. The van der Waals surface area contributed by atoms with Crippen molar-refractivity contribution >= 4 is 21.9 Å². The molecule has 1 fully saturated rings. The summed E-state index contributed by atoms with van der Waals surface area (Å²) >= 11 is 3.30. The van der Waals surface area contributed by atoms with Gasteiger partial charge in [-0.25, -0.2) is 4.39 Å². The molecule has 0 amide bonds. The maximum atomic E-state index is 14.5. The highest BCUT2D eigenvalue weighted by Crippen LogP contribution is 2.43. The molecular weight excluding hydrogens is 367 g/mol. The molecule has 6 heteroatoms. The zero-order valence-corrected chi connectivity index (χ0v) is 15.4. The van der Waals surface area contributed by atoms with Gasteiger partial charge in [-0.15, -0.1) is 0 Å². The molecule has 0 radical (unpaired) electrons. The van der Waals surface area contributed by atoms with Gasteiger partial charge in [-0.05, 0) is 44.9 Å². The lowest BCUT2D eigenvalue weighted by Gasteiger charge is -2.27. The van der Waals surface area contributed by atoms with Gasteiger partial charge >= 0.3 is 5.97 Å². The van der Waals surface area contributed by atoms with E-state index in [4.69, 9.17) is 14.2 Å². The van der Waals surface area contributed by atoms with Crippen molar-refractivity contribution < 1.29 is 23.4 Å². The summed E-state index contributed by atoms with van der Waals surface area (Å²) in [7, 11) is 1.38. The van der Waals surface area contributed by atoms with Crippen LogP contribution in [0, 0.1) is 5.82 Å². The topological polar surface area (TPSA) is 44.8 Å². The minimum absolute atomic E-state index is 0.0559. The Bertz CT molecular complexity index is 588. The molecular formula is C17H22BrFO4. The molecule has 0 aliphatic carbocycles. The number of methoxy groups -OCH3 is 1. The molecule has 0 aromatic heterocycles. The van der Waals surface area contributed by atoms with Crippen LogP contribution in [0.1, 0.15) is 49.1 Å². The smallest absolute Gasteiger partial charge is 0.324 e. The van der Waals surface area contributed by atoms with E-state index >= 15 is 0 Å². The summed E-state index contributed by atoms with van der Waals surface area (Å²) in [5.41, 5.74) is 0.863. The second-order valence-corrected chi connectivity index (χ2v) is 6.95. The minimum Gasteiger partial charge on any atom is -0.493 e. The van der Waals surface area contributed by atoms with Crippen LogP contribution in [0.3, 0.4) is 0 Å². The maximum Gasteiger partial charge on any atom is 0.324 e. The van der Waals surface area contributed by atoms with Gasteiger partial charge in [0.1, 0.15) is 4.83 Å². The lowest BCUT2D eigenvalue weighted by atomic mass is 9.83. The second-order valence-electron chi connectivity index (χ2n) is 6.03.